The van der Waals surface area contributed by atoms with E-state index in [1.54, 1.807) is 24.5 Å². The van der Waals surface area contributed by atoms with Gasteiger partial charge in [-0.15, -0.1) is 0 Å². The van der Waals surface area contributed by atoms with Crippen molar-refractivity contribution in [3.8, 4) is 34.7 Å². The maximum atomic E-state index is 13.7. The van der Waals surface area contributed by atoms with Gasteiger partial charge in [0.05, 0.1) is 46.0 Å². The Balaban J connectivity index is 0.000000164. The number of nitrogens with one attached hydrogen (secondary N) is 2. The number of nitrogens with zero attached hydrogens (tertiary/aromatic N) is 8. The highest BCUT2D eigenvalue weighted by atomic mass is 19.1. The van der Waals surface area contributed by atoms with Crippen LogP contribution in [0.5, 0.6) is 0 Å². The summed E-state index contributed by atoms with van der Waals surface area (Å²) in [6.45, 7) is 8.34. The van der Waals surface area contributed by atoms with E-state index in [1.165, 1.54) is 45.2 Å². The van der Waals surface area contributed by atoms with E-state index in [0.29, 0.717) is 39.9 Å². The summed E-state index contributed by atoms with van der Waals surface area (Å²) in [7, 11) is 0. The molecule has 0 radical (unpaired) electrons. The molecular weight excluding hydrogens is 678 g/mol. The summed E-state index contributed by atoms with van der Waals surface area (Å²) >= 11 is 0. The van der Waals surface area contributed by atoms with Crippen molar-refractivity contribution in [2.24, 2.45) is 0 Å². The fraction of sp³-hybridized carbons (Fsp3) is 0.231. The first kappa shape index (κ1) is 34.9. The molecule has 14 heteroatoms. The number of nitriles is 2. The second kappa shape index (κ2) is 15.0. The number of halogens is 2. The van der Waals surface area contributed by atoms with Crippen LogP contribution in [0.4, 0.5) is 20.2 Å². The third-order valence-corrected chi connectivity index (χ3v) is 9.15. The lowest BCUT2D eigenvalue weighted by molar-refractivity contribution is 0.484. The Morgan fingerprint density at radius 1 is 0.679 bits per heavy atom. The van der Waals surface area contributed by atoms with Gasteiger partial charge in [-0.1, -0.05) is 0 Å². The molecule has 1 atom stereocenters. The number of anilines is 2. The fourth-order valence-corrected chi connectivity index (χ4v) is 6.55. The molecule has 0 bridgehead atoms. The number of aromatic nitrogens is 4. The summed E-state index contributed by atoms with van der Waals surface area (Å²) < 4.78 is 30.4. The van der Waals surface area contributed by atoms with Crippen LogP contribution in [0.3, 0.4) is 0 Å². The Labute approximate surface area is 302 Å². The van der Waals surface area contributed by atoms with Gasteiger partial charge in [-0.3, -0.25) is 18.4 Å². The second-order valence-electron chi connectivity index (χ2n) is 12.9. The van der Waals surface area contributed by atoms with Gasteiger partial charge in [-0.05, 0) is 67.6 Å². The second-order valence-corrected chi connectivity index (χ2v) is 12.9. The molecule has 53 heavy (non-hydrogen) atoms. The number of hydrogen-bond donors (Lipinski definition) is 2. The summed E-state index contributed by atoms with van der Waals surface area (Å²) in [4.78, 5) is 38.6. The Hall–Kier alpha value is -6.48. The predicted octanol–water partition coefficient (Wildman–Crippen LogP) is 3.95. The largest absolute Gasteiger partial charge is 0.368 e. The average molecular weight is 713 g/mol. The predicted molar refractivity (Wildman–Crippen MR) is 198 cm³/mol. The zero-order valence-corrected chi connectivity index (χ0v) is 28.8. The summed E-state index contributed by atoms with van der Waals surface area (Å²) in [6.07, 6.45) is 3.57. The number of piperazine rings is 2. The molecule has 2 saturated heterocycles. The fourth-order valence-electron chi connectivity index (χ4n) is 6.55. The molecule has 2 fully saturated rings. The number of fused-ring (bicyclic) bond motifs is 2. The first-order valence-electron chi connectivity index (χ1n) is 17.1. The molecule has 0 amide bonds. The van der Waals surface area contributed by atoms with Crippen molar-refractivity contribution in [3.63, 3.8) is 0 Å². The van der Waals surface area contributed by atoms with Crippen molar-refractivity contribution in [1.82, 2.24) is 29.4 Å². The topological polar surface area (TPSA) is 147 Å². The standard InChI is InChI=1S/C20H18FN5O.C19H16FN5O/c1-13-11-25(5-4-23-13)17-2-3-19-24-18(9-20(27)26(19)12-17)15-6-14(10-22)7-16(21)8-15;20-15-8-13(11-21)7-14(9-15)17-10-19(26)25-12-16(1-2-18(25)23-17)24-5-3-22-4-6-24/h2-3,6-9,12-13,23H,4-5,11H2,1H3;1-2,7-10,12,22H,3-6H2/t13-;/m0./s1. The summed E-state index contributed by atoms with van der Waals surface area (Å²) in [5, 5.41) is 24.7. The summed E-state index contributed by atoms with van der Waals surface area (Å²) in [5.74, 6) is -1.07. The van der Waals surface area contributed by atoms with Gasteiger partial charge >= 0.3 is 0 Å². The Kier molecular flexibility index (Phi) is 9.90. The lowest BCUT2D eigenvalue weighted by Gasteiger charge is -2.33. The van der Waals surface area contributed by atoms with E-state index in [4.69, 9.17) is 10.5 Å². The third-order valence-electron chi connectivity index (χ3n) is 9.15. The molecule has 266 valence electrons. The highest BCUT2D eigenvalue weighted by Crippen LogP contribution is 2.23. The van der Waals surface area contributed by atoms with Crippen molar-refractivity contribution in [3.05, 3.63) is 129 Å². The van der Waals surface area contributed by atoms with E-state index in [2.05, 4.69) is 37.3 Å². The van der Waals surface area contributed by atoms with Gasteiger partial charge in [0.2, 0.25) is 0 Å². The number of benzene rings is 2. The number of hydrogen-bond acceptors (Lipinski definition) is 10. The van der Waals surface area contributed by atoms with Gasteiger partial charge in [0.1, 0.15) is 22.9 Å². The monoisotopic (exact) mass is 712 g/mol. The molecule has 8 rings (SSSR count). The molecule has 6 aromatic rings. The minimum atomic E-state index is -0.533. The van der Waals surface area contributed by atoms with Gasteiger partial charge in [-0.2, -0.15) is 10.5 Å². The van der Waals surface area contributed by atoms with Crippen LogP contribution in [0, 0.1) is 34.3 Å². The van der Waals surface area contributed by atoms with Crippen LogP contribution < -0.4 is 31.6 Å². The van der Waals surface area contributed by atoms with Crippen LogP contribution in [-0.4, -0.2) is 70.6 Å². The van der Waals surface area contributed by atoms with Crippen molar-refractivity contribution >= 4 is 22.7 Å². The van der Waals surface area contributed by atoms with E-state index in [9.17, 15) is 18.4 Å². The molecule has 12 nitrogen and oxygen atoms in total. The quantitative estimate of drug-likeness (QED) is 0.276. The smallest absolute Gasteiger partial charge is 0.258 e. The molecule has 2 aliphatic rings. The highest BCUT2D eigenvalue weighted by Gasteiger charge is 2.17. The van der Waals surface area contributed by atoms with Gasteiger partial charge in [0.25, 0.3) is 11.1 Å². The van der Waals surface area contributed by atoms with Crippen LogP contribution >= 0.6 is 0 Å². The van der Waals surface area contributed by atoms with Crippen LogP contribution in [0.15, 0.2) is 94.8 Å². The zero-order chi connectivity index (χ0) is 37.1. The zero-order valence-electron chi connectivity index (χ0n) is 28.8. The maximum absolute atomic E-state index is 13.7. The number of rotatable bonds is 4. The summed E-state index contributed by atoms with van der Waals surface area (Å²) in [6, 6.07) is 22.3. The molecule has 0 unspecified atom stereocenters. The minimum Gasteiger partial charge on any atom is -0.368 e. The van der Waals surface area contributed by atoms with Gasteiger partial charge in [-0.25, -0.2) is 18.7 Å². The molecule has 6 heterocycles. The average Bonchev–Trinajstić information content (AvgIpc) is 3.17. The molecule has 2 aliphatic heterocycles. The van der Waals surface area contributed by atoms with Crippen LogP contribution in [0.2, 0.25) is 0 Å². The SMILES string of the molecule is C[C@H]1CN(c2ccc3nc(-c4cc(F)cc(C#N)c4)cc(=O)n3c2)CCN1.N#Cc1cc(F)cc(-c2cc(=O)n3cc(N4CCNCC4)ccc3n2)c1. The van der Waals surface area contributed by atoms with Crippen molar-refractivity contribution in [1.29, 1.82) is 10.5 Å². The van der Waals surface area contributed by atoms with Crippen LogP contribution in [0.1, 0.15) is 18.1 Å². The van der Waals surface area contributed by atoms with E-state index < -0.39 is 11.6 Å². The Morgan fingerprint density at radius 2 is 1.17 bits per heavy atom. The third kappa shape index (κ3) is 7.74. The maximum Gasteiger partial charge on any atom is 0.258 e. The first-order chi connectivity index (χ1) is 25.7. The molecule has 0 spiro atoms. The Morgan fingerprint density at radius 3 is 1.66 bits per heavy atom. The van der Waals surface area contributed by atoms with E-state index in [1.807, 2.05) is 24.3 Å². The lowest BCUT2D eigenvalue weighted by Crippen LogP contribution is -2.49. The van der Waals surface area contributed by atoms with E-state index in [0.717, 1.165) is 69.3 Å². The van der Waals surface area contributed by atoms with Crippen LogP contribution in [0.25, 0.3) is 33.8 Å². The van der Waals surface area contributed by atoms with Crippen LogP contribution in [-0.2, 0) is 0 Å². The van der Waals surface area contributed by atoms with Crippen molar-refractivity contribution < 1.29 is 8.78 Å². The molecular formula is C39H34F2N10O2. The first-order valence-corrected chi connectivity index (χ1v) is 17.1. The summed E-state index contributed by atoms with van der Waals surface area (Å²) in [5.41, 5.74) is 4.29. The Bertz CT molecular complexity index is 2550. The van der Waals surface area contributed by atoms with Gasteiger partial charge < -0.3 is 20.4 Å². The minimum absolute atomic E-state index is 0.190. The molecule has 2 aromatic carbocycles. The van der Waals surface area contributed by atoms with E-state index in [-0.39, 0.29) is 22.2 Å². The van der Waals surface area contributed by atoms with Gasteiger partial charge in [0, 0.05) is 87.5 Å². The molecule has 0 aliphatic carbocycles. The van der Waals surface area contributed by atoms with E-state index >= 15 is 0 Å². The van der Waals surface area contributed by atoms with Crippen molar-refractivity contribution in [2.45, 2.75) is 13.0 Å². The lowest BCUT2D eigenvalue weighted by atomic mass is 10.1. The van der Waals surface area contributed by atoms with Crippen molar-refractivity contribution in [2.75, 3.05) is 55.6 Å². The molecule has 4 aromatic heterocycles. The number of pyridine rings is 2. The normalized spacial score (nSPS) is 15.8. The highest BCUT2D eigenvalue weighted by molar-refractivity contribution is 5.66. The van der Waals surface area contributed by atoms with Gasteiger partial charge in [0.15, 0.2) is 0 Å². The molecule has 2 N–H and O–H groups in total. The molecule has 0 saturated carbocycles.